The molecule has 0 amide bonds. The fourth-order valence-electron chi connectivity index (χ4n) is 3.01. The molecule has 0 spiro atoms. The third-order valence-corrected chi connectivity index (χ3v) is 4.20. The molecule has 0 aliphatic carbocycles. The first kappa shape index (κ1) is 12.6. The molecule has 0 radical (unpaired) electrons. The highest BCUT2D eigenvalue weighted by atomic mass is 16.3. The van der Waals surface area contributed by atoms with Crippen LogP contribution in [0.15, 0.2) is 30.3 Å². The Morgan fingerprint density at radius 3 is 2.59 bits per heavy atom. The van der Waals surface area contributed by atoms with Crippen LogP contribution < -0.4 is 5.73 Å². The standard InChI is InChI=1S/C14H22N2O/c1-14(10-17)8-12(9-15)13(16(14)2)11-6-4-3-5-7-11/h3-7,12-13,17H,8-10,15H2,1-2H3/t12-,13-,14-/m1/s1. The summed E-state index contributed by atoms with van der Waals surface area (Å²) in [6.07, 6.45) is 0.954. The van der Waals surface area contributed by atoms with Gasteiger partial charge in [0.05, 0.1) is 6.61 Å². The highest BCUT2D eigenvalue weighted by Gasteiger charge is 2.46. The molecule has 3 atom stereocenters. The van der Waals surface area contributed by atoms with Crippen LogP contribution in [-0.4, -0.2) is 35.7 Å². The van der Waals surface area contributed by atoms with E-state index in [9.17, 15) is 5.11 Å². The molecule has 0 bridgehead atoms. The maximum Gasteiger partial charge on any atom is 0.0613 e. The van der Waals surface area contributed by atoms with E-state index in [1.54, 1.807) is 0 Å². The fraction of sp³-hybridized carbons (Fsp3) is 0.571. The van der Waals surface area contributed by atoms with Gasteiger partial charge in [0.25, 0.3) is 0 Å². The van der Waals surface area contributed by atoms with Crippen molar-refractivity contribution >= 4 is 0 Å². The van der Waals surface area contributed by atoms with Crippen molar-refractivity contribution in [2.75, 3.05) is 20.2 Å². The normalized spacial score (nSPS) is 34.1. The Hall–Kier alpha value is -0.900. The number of aliphatic hydroxyl groups is 1. The van der Waals surface area contributed by atoms with Crippen LogP contribution in [0.5, 0.6) is 0 Å². The number of nitrogens with two attached hydrogens (primary N) is 1. The summed E-state index contributed by atoms with van der Waals surface area (Å²) in [5, 5.41) is 9.59. The summed E-state index contributed by atoms with van der Waals surface area (Å²) < 4.78 is 0. The van der Waals surface area contributed by atoms with Crippen molar-refractivity contribution in [3.05, 3.63) is 35.9 Å². The Morgan fingerprint density at radius 1 is 1.41 bits per heavy atom. The summed E-state index contributed by atoms with van der Waals surface area (Å²) in [5.41, 5.74) is 7.04. The first-order valence-corrected chi connectivity index (χ1v) is 6.21. The zero-order valence-corrected chi connectivity index (χ0v) is 10.6. The average Bonchev–Trinajstić information content (AvgIpc) is 2.63. The monoisotopic (exact) mass is 234 g/mol. The van der Waals surface area contributed by atoms with Crippen LogP contribution in [0.4, 0.5) is 0 Å². The lowest BCUT2D eigenvalue weighted by molar-refractivity contribution is 0.0769. The van der Waals surface area contributed by atoms with Crippen LogP contribution in [0.2, 0.25) is 0 Å². The smallest absolute Gasteiger partial charge is 0.0613 e. The average molecular weight is 234 g/mol. The zero-order valence-electron chi connectivity index (χ0n) is 10.6. The SMILES string of the molecule is CN1[C@H](c2ccccc2)[C@@H](CN)C[C@]1(C)CO. The molecule has 17 heavy (non-hydrogen) atoms. The number of benzene rings is 1. The molecule has 2 rings (SSSR count). The van der Waals surface area contributed by atoms with Gasteiger partial charge >= 0.3 is 0 Å². The quantitative estimate of drug-likeness (QED) is 0.831. The van der Waals surface area contributed by atoms with Gasteiger partial charge in [-0.25, -0.2) is 0 Å². The van der Waals surface area contributed by atoms with E-state index in [1.807, 2.05) is 6.07 Å². The Kier molecular flexibility index (Phi) is 3.52. The van der Waals surface area contributed by atoms with Gasteiger partial charge in [-0.05, 0) is 38.4 Å². The van der Waals surface area contributed by atoms with Crippen molar-refractivity contribution in [2.24, 2.45) is 11.7 Å². The molecule has 1 heterocycles. The summed E-state index contributed by atoms with van der Waals surface area (Å²) in [6.45, 7) is 2.96. The number of hydrogen-bond acceptors (Lipinski definition) is 3. The van der Waals surface area contributed by atoms with Crippen molar-refractivity contribution in [3.8, 4) is 0 Å². The maximum absolute atomic E-state index is 9.59. The molecular formula is C14H22N2O. The predicted octanol–water partition coefficient (Wildman–Crippen LogP) is 1.39. The van der Waals surface area contributed by atoms with E-state index in [0.717, 1.165) is 6.42 Å². The van der Waals surface area contributed by atoms with E-state index in [4.69, 9.17) is 5.73 Å². The van der Waals surface area contributed by atoms with Gasteiger partial charge in [-0.2, -0.15) is 0 Å². The Bertz CT molecular complexity index is 368. The molecule has 3 nitrogen and oxygen atoms in total. The predicted molar refractivity (Wildman–Crippen MR) is 69.6 cm³/mol. The van der Waals surface area contributed by atoms with Crippen molar-refractivity contribution in [3.63, 3.8) is 0 Å². The highest BCUT2D eigenvalue weighted by Crippen LogP contribution is 2.44. The summed E-state index contributed by atoms with van der Waals surface area (Å²) >= 11 is 0. The molecule has 3 N–H and O–H groups in total. The van der Waals surface area contributed by atoms with Gasteiger partial charge in [0.1, 0.15) is 0 Å². The van der Waals surface area contributed by atoms with Crippen molar-refractivity contribution in [2.45, 2.75) is 24.9 Å². The third kappa shape index (κ3) is 2.10. The summed E-state index contributed by atoms with van der Waals surface area (Å²) in [5.74, 6) is 0.416. The van der Waals surface area contributed by atoms with Crippen LogP contribution in [0.3, 0.4) is 0 Å². The number of hydrogen-bond donors (Lipinski definition) is 2. The van der Waals surface area contributed by atoms with Gasteiger partial charge in [0.15, 0.2) is 0 Å². The van der Waals surface area contributed by atoms with Gasteiger partial charge in [-0.1, -0.05) is 30.3 Å². The van der Waals surface area contributed by atoms with Crippen LogP contribution in [-0.2, 0) is 0 Å². The number of likely N-dealkylation sites (N-methyl/N-ethyl adjacent to an activating group) is 1. The third-order valence-electron chi connectivity index (χ3n) is 4.20. The number of nitrogens with zero attached hydrogens (tertiary/aromatic N) is 1. The minimum atomic E-state index is -0.148. The van der Waals surface area contributed by atoms with E-state index in [1.165, 1.54) is 5.56 Å². The van der Waals surface area contributed by atoms with Gasteiger partial charge in [0.2, 0.25) is 0 Å². The van der Waals surface area contributed by atoms with Crippen molar-refractivity contribution in [1.29, 1.82) is 0 Å². The summed E-state index contributed by atoms with van der Waals surface area (Å²) in [4.78, 5) is 2.28. The topological polar surface area (TPSA) is 49.5 Å². The number of aliphatic hydroxyl groups excluding tert-OH is 1. The molecule has 1 aliphatic rings. The van der Waals surface area contributed by atoms with E-state index in [0.29, 0.717) is 18.5 Å². The van der Waals surface area contributed by atoms with Crippen molar-refractivity contribution in [1.82, 2.24) is 4.90 Å². The second-order valence-electron chi connectivity index (χ2n) is 5.32. The highest BCUT2D eigenvalue weighted by molar-refractivity contribution is 5.23. The van der Waals surface area contributed by atoms with Gasteiger partial charge in [-0.15, -0.1) is 0 Å². The maximum atomic E-state index is 9.59. The first-order valence-electron chi connectivity index (χ1n) is 6.21. The fourth-order valence-corrected chi connectivity index (χ4v) is 3.01. The molecule has 1 aliphatic heterocycles. The van der Waals surface area contributed by atoms with Gasteiger partial charge in [-0.3, -0.25) is 4.90 Å². The lowest BCUT2D eigenvalue weighted by atomic mass is 9.90. The van der Waals surface area contributed by atoms with E-state index in [2.05, 4.69) is 43.1 Å². The minimum Gasteiger partial charge on any atom is -0.394 e. The second-order valence-corrected chi connectivity index (χ2v) is 5.32. The Labute approximate surface area is 103 Å². The van der Waals surface area contributed by atoms with Crippen molar-refractivity contribution < 1.29 is 5.11 Å². The molecule has 1 saturated heterocycles. The molecule has 3 heteroatoms. The molecule has 1 aromatic rings. The van der Waals surface area contributed by atoms with E-state index in [-0.39, 0.29) is 12.1 Å². The van der Waals surface area contributed by atoms with Crippen LogP contribution in [0.1, 0.15) is 24.9 Å². The molecule has 94 valence electrons. The second kappa shape index (κ2) is 4.77. The van der Waals surface area contributed by atoms with E-state index >= 15 is 0 Å². The summed E-state index contributed by atoms with van der Waals surface area (Å²) in [7, 11) is 2.09. The lowest BCUT2D eigenvalue weighted by Gasteiger charge is -2.34. The molecule has 0 saturated carbocycles. The lowest BCUT2D eigenvalue weighted by Crippen LogP contribution is -2.42. The minimum absolute atomic E-state index is 0.148. The van der Waals surface area contributed by atoms with Gasteiger partial charge < -0.3 is 10.8 Å². The van der Waals surface area contributed by atoms with Crippen LogP contribution in [0.25, 0.3) is 0 Å². The molecular weight excluding hydrogens is 212 g/mol. The largest absolute Gasteiger partial charge is 0.394 e. The van der Waals surface area contributed by atoms with Gasteiger partial charge in [0, 0.05) is 11.6 Å². The Balaban J connectivity index is 2.32. The molecule has 1 fully saturated rings. The molecule has 0 unspecified atom stereocenters. The number of rotatable bonds is 3. The van der Waals surface area contributed by atoms with Crippen LogP contribution >= 0.6 is 0 Å². The number of likely N-dealkylation sites (tertiary alicyclic amines) is 1. The molecule has 0 aromatic heterocycles. The van der Waals surface area contributed by atoms with Crippen LogP contribution in [0, 0.1) is 5.92 Å². The summed E-state index contributed by atoms with van der Waals surface area (Å²) in [6, 6.07) is 10.8. The Morgan fingerprint density at radius 2 is 2.06 bits per heavy atom. The zero-order chi connectivity index (χ0) is 12.5. The first-order chi connectivity index (χ1) is 8.12. The van der Waals surface area contributed by atoms with E-state index < -0.39 is 0 Å². The molecule has 1 aromatic carbocycles.